The Kier molecular flexibility index (Phi) is 4.54. The fraction of sp³-hybridized carbons (Fsp3) is 0.647. The summed E-state index contributed by atoms with van der Waals surface area (Å²) in [6.45, 7) is 0. The van der Waals surface area contributed by atoms with Gasteiger partial charge in [-0.25, -0.2) is 0 Å². The lowest BCUT2D eigenvalue weighted by Gasteiger charge is -2.26. The van der Waals surface area contributed by atoms with Crippen molar-refractivity contribution in [2.45, 2.75) is 38.5 Å². The standard InChI is InChI=1S/C17H22BrCl/c18-17-4-2-1-3-15(17)9-13(11-19)10-16-8-12-5-6-14(16)7-12/h1-4,12-14,16H,5-11H2. The summed E-state index contributed by atoms with van der Waals surface area (Å²) in [5.41, 5.74) is 1.41. The number of hydrogen-bond acceptors (Lipinski definition) is 0. The Labute approximate surface area is 130 Å². The monoisotopic (exact) mass is 340 g/mol. The lowest BCUT2D eigenvalue weighted by atomic mass is 9.81. The van der Waals surface area contributed by atoms with Gasteiger partial charge in [0.1, 0.15) is 0 Å². The molecule has 0 aliphatic heterocycles. The molecule has 2 heteroatoms. The second-order valence-corrected chi connectivity index (χ2v) is 7.65. The first-order valence-electron chi connectivity index (χ1n) is 7.55. The largest absolute Gasteiger partial charge is 0.126 e. The summed E-state index contributed by atoms with van der Waals surface area (Å²) in [7, 11) is 0. The van der Waals surface area contributed by atoms with Gasteiger partial charge in [0.15, 0.2) is 0 Å². The van der Waals surface area contributed by atoms with Crippen molar-refractivity contribution in [1.82, 2.24) is 0 Å². The molecule has 1 aromatic rings. The van der Waals surface area contributed by atoms with Gasteiger partial charge in [0.2, 0.25) is 0 Å². The van der Waals surface area contributed by atoms with Crippen molar-refractivity contribution >= 4 is 27.5 Å². The van der Waals surface area contributed by atoms with Gasteiger partial charge in [-0.05, 0) is 67.4 Å². The van der Waals surface area contributed by atoms with E-state index in [1.54, 1.807) is 0 Å². The minimum absolute atomic E-state index is 0.643. The zero-order chi connectivity index (χ0) is 13.2. The lowest BCUT2D eigenvalue weighted by Crippen LogP contribution is -2.18. The third-order valence-electron chi connectivity index (χ3n) is 5.21. The van der Waals surface area contributed by atoms with Crippen LogP contribution in [-0.4, -0.2) is 5.88 Å². The molecule has 2 saturated carbocycles. The molecular weight excluding hydrogens is 320 g/mol. The molecule has 0 N–H and O–H groups in total. The molecule has 0 spiro atoms. The maximum Gasteiger partial charge on any atom is 0.0255 e. The van der Waals surface area contributed by atoms with Crippen molar-refractivity contribution in [3.8, 4) is 0 Å². The molecule has 0 aromatic heterocycles. The summed E-state index contributed by atoms with van der Waals surface area (Å²) in [6, 6.07) is 8.57. The van der Waals surface area contributed by atoms with Gasteiger partial charge in [0.25, 0.3) is 0 Å². The van der Waals surface area contributed by atoms with E-state index >= 15 is 0 Å². The van der Waals surface area contributed by atoms with Crippen LogP contribution in [0.1, 0.15) is 37.7 Å². The van der Waals surface area contributed by atoms with Crippen LogP contribution in [0.2, 0.25) is 0 Å². The number of halogens is 2. The molecular formula is C17H22BrCl. The van der Waals surface area contributed by atoms with Crippen LogP contribution in [0.15, 0.2) is 28.7 Å². The fourth-order valence-electron chi connectivity index (χ4n) is 4.27. The van der Waals surface area contributed by atoms with Crippen molar-refractivity contribution in [3.05, 3.63) is 34.3 Å². The second kappa shape index (κ2) is 6.18. The summed E-state index contributed by atoms with van der Waals surface area (Å²) < 4.78 is 1.23. The first kappa shape index (κ1) is 13.9. The number of hydrogen-bond donors (Lipinski definition) is 0. The summed E-state index contributed by atoms with van der Waals surface area (Å²) in [4.78, 5) is 0. The SMILES string of the molecule is ClCC(Cc1ccccc1Br)CC1CC2CCC1C2. The molecule has 2 aliphatic carbocycles. The van der Waals surface area contributed by atoms with Gasteiger partial charge < -0.3 is 0 Å². The Morgan fingerprint density at radius 2 is 2.05 bits per heavy atom. The van der Waals surface area contributed by atoms with Crippen LogP contribution in [0, 0.1) is 23.7 Å². The van der Waals surface area contributed by atoms with Crippen LogP contribution in [0.25, 0.3) is 0 Å². The molecule has 0 nitrogen and oxygen atoms in total. The summed E-state index contributed by atoms with van der Waals surface area (Å²) in [5.74, 6) is 4.48. The van der Waals surface area contributed by atoms with Crippen molar-refractivity contribution in [2.24, 2.45) is 23.7 Å². The lowest BCUT2D eigenvalue weighted by molar-refractivity contribution is 0.276. The van der Waals surface area contributed by atoms with Crippen molar-refractivity contribution in [2.75, 3.05) is 5.88 Å². The van der Waals surface area contributed by atoms with Gasteiger partial charge in [0.05, 0.1) is 0 Å². The predicted octanol–water partition coefficient (Wildman–Crippen LogP) is 5.67. The minimum atomic E-state index is 0.643. The van der Waals surface area contributed by atoms with Crippen molar-refractivity contribution in [1.29, 1.82) is 0 Å². The first-order valence-corrected chi connectivity index (χ1v) is 8.88. The van der Waals surface area contributed by atoms with Crippen LogP contribution in [0.5, 0.6) is 0 Å². The molecule has 0 heterocycles. The van der Waals surface area contributed by atoms with Crippen LogP contribution in [0.4, 0.5) is 0 Å². The smallest absolute Gasteiger partial charge is 0.0255 e. The molecule has 2 aliphatic rings. The zero-order valence-corrected chi connectivity index (χ0v) is 13.7. The summed E-state index contributed by atoms with van der Waals surface area (Å²) >= 11 is 9.89. The maximum atomic E-state index is 6.24. The third-order valence-corrected chi connectivity index (χ3v) is 6.42. The zero-order valence-electron chi connectivity index (χ0n) is 11.3. The molecule has 104 valence electrons. The van der Waals surface area contributed by atoms with Crippen molar-refractivity contribution in [3.63, 3.8) is 0 Å². The molecule has 2 bridgehead atoms. The van der Waals surface area contributed by atoms with Gasteiger partial charge in [-0.2, -0.15) is 0 Å². The maximum absolute atomic E-state index is 6.24. The normalized spacial score (nSPS) is 30.7. The Bertz CT molecular complexity index is 431. The predicted molar refractivity (Wildman–Crippen MR) is 85.6 cm³/mol. The van der Waals surface area contributed by atoms with E-state index in [1.165, 1.54) is 42.1 Å². The molecule has 4 unspecified atom stereocenters. The van der Waals surface area contributed by atoms with E-state index < -0.39 is 0 Å². The number of alkyl halides is 1. The van der Waals surface area contributed by atoms with Crippen LogP contribution >= 0.6 is 27.5 Å². The highest BCUT2D eigenvalue weighted by Crippen LogP contribution is 2.50. The Hall–Kier alpha value is -0.0100. The first-order chi connectivity index (χ1) is 9.26. The van der Waals surface area contributed by atoms with E-state index in [4.69, 9.17) is 11.6 Å². The average Bonchev–Trinajstić information content (AvgIpc) is 3.02. The van der Waals surface area contributed by atoms with Gasteiger partial charge in [0, 0.05) is 10.4 Å². The van der Waals surface area contributed by atoms with Gasteiger partial charge >= 0.3 is 0 Å². The molecule has 2 fully saturated rings. The van der Waals surface area contributed by atoms with E-state index in [-0.39, 0.29) is 0 Å². The van der Waals surface area contributed by atoms with E-state index in [1.807, 2.05) is 0 Å². The van der Waals surface area contributed by atoms with Gasteiger partial charge in [-0.15, -0.1) is 11.6 Å². The van der Waals surface area contributed by atoms with Gasteiger partial charge in [-0.3, -0.25) is 0 Å². The highest BCUT2D eigenvalue weighted by Gasteiger charge is 2.39. The quantitative estimate of drug-likeness (QED) is 0.605. The third kappa shape index (κ3) is 3.19. The molecule has 3 rings (SSSR count). The number of benzene rings is 1. The highest BCUT2D eigenvalue weighted by atomic mass is 79.9. The van der Waals surface area contributed by atoms with Gasteiger partial charge in [-0.1, -0.05) is 40.5 Å². The molecule has 4 atom stereocenters. The Morgan fingerprint density at radius 3 is 2.68 bits per heavy atom. The second-order valence-electron chi connectivity index (χ2n) is 6.49. The summed E-state index contributed by atoms with van der Waals surface area (Å²) in [5, 5.41) is 0. The van der Waals surface area contributed by atoms with E-state index in [9.17, 15) is 0 Å². The Morgan fingerprint density at radius 1 is 1.21 bits per heavy atom. The molecule has 0 saturated heterocycles. The number of fused-ring (bicyclic) bond motifs is 2. The Balaban J connectivity index is 1.60. The number of rotatable bonds is 5. The fourth-order valence-corrected chi connectivity index (χ4v) is 4.95. The van der Waals surface area contributed by atoms with Crippen LogP contribution in [-0.2, 0) is 6.42 Å². The minimum Gasteiger partial charge on any atom is -0.126 e. The highest BCUT2D eigenvalue weighted by molar-refractivity contribution is 9.10. The van der Waals surface area contributed by atoms with E-state index in [0.717, 1.165) is 30.1 Å². The van der Waals surface area contributed by atoms with Crippen LogP contribution < -0.4 is 0 Å². The average molecular weight is 342 g/mol. The summed E-state index contributed by atoms with van der Waals surface area (Å²) in [6.07, 6.45) is 8.43. The van der Waals surface area contributed by atoms with Crippen LogP contribution in [0.3, 0.4) is 0 Å². The molecule has 1 aromatic carbocycles. The molecule has 19 heavy (non-hydrogen) atoms. The van der Waals surface area contributed by atoms with E-state index in [2.05, 4.69) is 40.2 Å². The van der Waals surface area contributed by atoms with E-state index in [0.29, 0.717) is 5.92 Å². The molecule has 0 amide bonds. The molecule has 0 radical (unpaired) electrons. The van der Waals surface area contributed by atoms with Crippen molar-refractivity contribution < 1.29 is 0 Å². The topological polar surface area (TPSA) is 0 Å².